The first-order valence-electron chi connectivity index (χ1n) is 0.698. The molecule has 0 aromatic heterocycles. The SMILES string of the molecule is O=S(O)(O)=S.[H-].[Na+]. The second kappa shape index (κ2) is 3.31. The van der Waals surface area contributed by atoms with Crippen molar-refractivity contribution in [2.24, 2.45) is 0 Å². The van der Waals surface area contributed by atoms with Crippen molar-refractivity contribution in [2.45, 2.75) is 0 Å². The van der Waals surface area contributed by atoms with Gasteiger partial charge in [-0.2, -0.15) is 4.21 Å². The molecule has 0 atom stereocenters. The van der Waals surface area contributed by atoms with Crippen molar-refractivity contribution in [3.05, 3.63) is 0 Å². The van der Waals surface area contributed by atoms with E-state index in [1.54, 1.807) is 0 Å². The molecule has 3 nitrogen and oxygen atoms in total. The third-order valence-corrected chi connectivity index (χ3v) is 0. The Morgan fingerprint density at radius 1 is 1.67 bits per heavy atom. The van der Waals surface area contributed by atoms with Gasteiger partial charge in [0.2, 0.25) is 0 Å². The molecule has 0 aliphatic rings. The van der Waals surface area contributed by atoms with E-state index in [0.29, 0.717) is 0 Å². The van der Waals surface area contributed by atoms with Crippen LogP contribution in [0.3, 0.4) is 0 Å². The molecule has 6 heteroatoms. The van der Waals surface area contributed by atoms with E-state index in [1.807, 2.05) is 0 Å². The van der Waals surface area contributed by atoms with Gasteiger partial charge in [0, 0.05) is 11.2 Å². The minimum atomic E-state index is -3.83. The van der Waals surface area contributed by atoms with E-state index in [0.717, 1.165) is 0 Å². The summed E-state index contributed by atoms with van der Waals surface area (Å²) in [6.45, 7) is 0. The summed E-state index contributed by atoms with van der Waals surface area (Å²) in [6, 6.07) is 0. The van der Waals surface area contributed by atoms with E-state index in [9.17, 15) is 0 Å². The first-order chi connectivity index (χ1) is 2.00. The first-order valence-corrected chi connectivity index (χ1v) is 3.10. The normalized spacial score (nSPS) is 9.67. The summed E-state index contributed by atoms with van der Waals surface area (Å²) in [5, 5.41) is 0. The summed E-state index contributed by atoms with van der Waals surface area (Å²) in [7, 11) is -3.83. The largest absolute Gasteiger partial charge is 1.00 e. The zero-order chi connectivity index (χ0) is 4.50. The predicted molar refractivity (Wildman–Crippen MR) is 21.9 cm³/mol. The smallest absolute Gasteiger partial charge is 1.00 e. The van der Waals surface area contributed by atoms with Crippen LogP contribution in [0.5, 0.6) is 0 Å². The van der Waals surface area contributed by atoms with Gasteiger partial charge in [0.1, 0.15) is 0 Å². The molecule has 0 saturated carbocycles. The summed E-state index contributed by atoms with van der Waals surface area (Å²) in [5.41, 5.74) is 0. The average molecular weight is 138 g/mol. The van der Waals surface area contributed by atoms with Crippen LogP contribution >= 0.6 is 0 Å². The van der Waals surface area contributed by atoms with Crippen LogP contribution in [0.25, 0.3) is 0 Å². The third kappa shape index (κ3) is 58.5. The van der Waals surface area contributed by atoms with E-state index >= 15 is 0 Å². The Balaban J connectivity index is -0.0000000800. The molecule has 0 aromatic rings. The van der Waals surface area contributed by atoms with Crippen LogP contribution in [0, 0.1) is 0 Å². The van der Waals surface area contributed by atoms with Gasteiger partial charge in [-0.25, -0.2) is 0 Å². The molecule has 0 bridgehead atoms. The van der Waals surface area contributed by atoms with E-state index in [1.165, 1.54) is 0 Å². The number of hydrogen-bond acceptors (Lipinski definition) is 2. The Morgan fingerprint density at radius 3 is 1.67 bits per heavy atom. The average Bonchev–Trinajstić information content (AvgIpc) is 0.722. The fourth-order valence-electron chi connectivity index (χ4n) is 0. The van der Waals surface area contributed by atoms with Gasteiger partial charge in [-0.3, -0.25) is 9.11 Å². The molecule has 0 fully saturated rings. The van der Waals surface area contributed by atoms with Crippen LogP contribution in [0.1, 0.15) is 1.43 Å². The molecule has 0 saturated heterocycles. The zero-order valence-electron chi connectivity index (χ0n) is 4.12. The number of rotatable bonds is 0. The molecular weight excluding hydrogens is 135 g/mol. The zero-order valence-corrected chi connectivity index (χ0v) is 6.75. The molecule has 0 radical (unpaired) electrons. The summed E-state index contributed by atoms with van der Waals surface area (Å²) in [4.78, 5) is 0. The van der Waals surface area contributed by atoms with Crippen LogP contribution in [-0.4, -0.2) is 13.3 Å². The molecule has 0 rings (SSSR count). The Labute approximate surface area is 64.2 Å². The van der Waals surface area contributed by atoms with Gasteiger partial charge in [0.15, 0.2) is 0 Å². The van der Waals surface area contributed by atoms with Crippen molar-refractivity contribution in [3.8, 4) is 0 Å². The maximum absolute atomic E-state index is 9.11. The molecule has 0 heterocycles. The molecule has 0 amide bonds. The van der Waals surface area contributed by atoms with E-state index in [2.05, 4.69) is 11.2 Å². The Hall–Kier alpha value is 1.29. The summed E-state index contributed by atoms with van der Waals surface area (Å²) in [6.07, 6.45) is 0. The Kier molecular flexibility index (Phi) is 5.69. The molecule has 6 heavy (non-hydrogen) atoms. The molecule has 0 unspecified atom stereocenters. The fraction of sp³-hybridized carbons (Fsp3) is 0. The maximum atomic E-state index is 9.11. The molecular formula is H3NaO3S2. The summed E-state index contributed by atoms with van der Waals surface area (Å²) in [5.74, 6) is 0. The Bertz CT molecular complexity index is 96.1. The van der Waals surface area contributed by atoms with Gasteiger partial charge < -0.3 is 1.43 Å². The van der Waals surface area contributed by atoms with Crippen LogP contribution in [-0.2, 0) is 20.2 Å². The van der Waals surface area contributed by atoms with Crippen LogP contribution in [0.2, 0.25) is 0 Å². The van der Waals surface area contributed by atoms with E-state index in [4.69, 9.17) is 13.3 Å². The van der Waals surface area contributed by atoms with E-state index < -0.39 is 9.05 Å². The van der Waals surface area contributed by atoms with Crippen LogP contribution in [0.4, 0.5) is 0 Å². The van der Waals surface area contributed by atoms with Crippen molar-refractivity contribution >= 4 is 20.2 Å². The fourth-order valence-corrected chi connectivity index (χ4v) is 0. The van der Waals surface area contributed by atoms with Crippen molar-refractivity contribution in [1.29, 1.82) is 0 Å². The molecule has 0 aliphatic heterocycles. The van der Waals surface area contributed by atoms with Gasteiger partial charge >= 0.3 is 29.6 Å². The number of hydrogen-bond donors (Lipinski definition) is 2. The van der Waals surface area contributed by atoms with Gasteiger partial charge in [0.25, 0.3) is 9.05 Å². The van der Waals surface area contributed by atoms with Crippen molar-refractivity contribution in [1.82, 2.24) is 0 Å². The maximum Gasteiger partial charge on any atom is 1.00 e. The molecule has 0 aliphatic carbocycles. The van der Waals surface area contributed by atoms with Crippen molar-refractivity contribution in [3.63, 3.8) is 0 Å². The summed E-state index contributed by atoms with van der Waals surface area (Å²) >= 11 is 3.47. The standard InChI is InChI=1S/Na.H2O3S2.H/c;1-5(2,3)4;/h;(H2,1,2,3,4);/q+1;;-1. The first kappa shape index (κ1) is 10.3. The van der Waals surface area contributed by atoms with Gasteiger partial charge in [-0.1, -0.05) is 0 Å². The van der Waals surface area contributed by atoms with Crippen molar-refractivity contribution in [2.75, 3.05) is 0 Å². The minimum absolute atomic E-state index is 0. The quantitative estimate of drug-likeness (QED) is 0.346. The second-order valence-corrected chi connectivity index (χ2v) is 2.65. The Morgan fingerprint density at radius 2 is 1.67 bits per heavy atom. The van der Waals surface area contributed by atoms with Crippen molar-refractivity contribution < 1.29 is 44.3 Å². The van der Waals surface area contributed by atoms with Crippen LogP contribution in [0.15, 0.2) is 0 Å². The van der Waals surface area contributed by atoms with Crippen LogP contribution < -0.4 is 29.6 Å². The summed E-state index contributed by atoms with van der Waals surface area (Å²) < 4.78 is 24.0. The molecule has 34 valence electrons. The molecule has 2 N–H and O–H groups in total. The minimum Gasteiger partial charge on any atom is -1.00 e. The monoisotopic (exact) mass is 138 g/mol. The predicted octanol–water partition coefficient (Wildman–Crippen LogP) is -3.20. The second-order valence-electron chi connectivity index (χ2n) is 0.448. The van der Waals surface area contributed by atoms with Gasteiger partial charge in [-0.05, 0) is 0 Å². The van der Waals surface area contributed by atoms with Gasteiger partial charge in [0.05, 0.1) is 0 Å². The van der Waals surface area contributed by atoms with Gasteiger partial charge in [-0.15, -0.1) is 0 Å². The topological polar surface area (TPSA) is 57.5 Å². The molecule has 0 aromatic carbocycles. The molecule has 0 spiro atoms. The third-order valence-electron chi connectivity index (χ3n) is 0. The van der Waals surface area contributed by atoms with E-state index in [-0.39, 0.29) is 31.0 Å².